The van der Waals surface area contributed by atoms with E-state index in [1.54, 1.807) is 17.5 Å². The summed E-state index contributed by atoms with van der Waals surface area (Å²) in [7, 11) is 0. The van der Waals surface area contributed by atoms with Gasteiger partial charge in [-0.3, -0.25) is 10.1 Å². The molecule has 27 heavy (non-hydrogen) atoms. The van der Waals surface area contributed by atoms with E-state index in [9.17, 15) is 0 Å². The van der Waals surface area contributed by atoms with Gasteiger partial charge in [0.1, 0.15) is 11.4 Å². The third-order valence-electron chi connectivity index (χ3n) is 4.46. The van der Waals surface area contributed by atoms with Gasteiger partial charge >= 0.3 is 0 Å². The Bertz CT molecular complexity index is 1220. The highest BCUT2D eigenvalue weighted by Crippen LogP contribution is 2.37. The third-order valence-corrected chi connectivity index (χ3v) is 5.58. The lowest BCUT2D eigenvalue weighted by Gasteiger charge is -2.07. The topological polar surface area (TPSA) is 67.3 Å². The number of pyridine rings is 1. The number of H-pyrrole nitrogens is 1. The Balaban J connectivity index is 1.64. The Labute approximate surface area is 159 Å². The molecule has 4 heterocycles. The zero-order valence-electron chi connectivity index (χ0n) is 14.5. The van der Waals surface area contributed by atoms with Crippen molar-refractivity contribution < 1.29 is 0 Å². The number of hydrogen-bond donors (Lipinski definition) is 1. The lowest BCUT2D eigenvalue weighted by atomic mass is 10.0. The van der Waals surface area contributed by atoms with Gasteiger partial charge in [-0.05, 0) is 30.7 Å². The molecular formula is C21H15N5S. The largest absolute Gasteiger partial charge is 0.285 e. The Morgan fingerprint density at radius 3 is 2.33 bits per heavy atom. The van der Waals surface area contributed by atoms with Gasteiger partial charge in [-0.25, -0.2) is 0 Å². The molecule has 5 rings (SSSR count). The highest BCUT2D eigenvalue weighted by molar-refractivity contribution is 7.18. The first-order valence-electron chi connectivity index (χ1n) is 8.57. The van der Waals surface area contributed by atoms with Crippen LogP contribution in [-0.4, -0.2) is 25.4 Å². The lowest BCUT2D eigenvalue weighted by molar-refractivity contribution is 1.07. The van der Waals surface area contributed by atoms with Crippen LogP contribution in [0.25, 0.3) is 43.2 Å². The standard InChI is InChI=1S/C21H15N5S/c1-13-6-7-17(22-10-13)18-8-9-19(27-18)21-16-5-3-2-4-15(16)20(25-26-21)14-11-23-24-12-14/h2-12H,1H3,(H,23,24). The summed E-state index contributed by atoms with van der Waals surface area (Å²) in [5.41, 5.74) is 4.79. The average molecular weight is 369 g/mol. The van der Waals surface area contributed by atoms with Crippen molar-refractivity contribution in [3.63, 3.8) is 0 Å². The molecule has 0 atom stereocenters. The van der Waals surface area contributed by atoms with Crippen LogP contribution in [0.5, 0.6) is 0 Å². The van der Waals surface area contributed by atoms with Crippen LogP contribution in [0.3, 0.4) is 0 Å². The van der Waals surface area contributed by atoms with Crippen LogP contribution in [0.4, 0.5) is 0 Å². The van der Waals surface area contributed by atoms with Gasteiger partial charge in [-0.2, -0.15) is 5.10 Å². The second-order valence-corrected chi connectivity index (χ2v) is 7.40. The number of nitrogens with one attached hydrogen (secondary N) is 1. The maximum absolute atomic E-state index is 4.55. The second-order valence-electron chi connectivity index (χ2n) is 6.31. The Kier molecular flexibility index (Phi) is 3.76. The summed E-state index contributed by atoms with van der Waals surface area (Å²) in [5, 5.41) is 18.1. The van der Waals surface area contributed by atoms with E-state index in [0.717, 1.165) is 48.7 Å². The zero-order chi connectivity index (χ0) is 18.2. The van der Waals surface area contributed by atoms with E-state index < -0.39 is 0 Å². The van der Waals surface area contributed by atoms with Crippen LogP contribution in [-0.2, 0) is 0 Å². The lowest BCUT2D eigenvalue weighted by Crippen LogP contribution is -1.92. The second kappa shape index (κ2) is 6.41. The molecule has 6 heteroatoms. The van der Waals surface area contributed by atoms with E-state index in [1.165, 1.54) is 0 Å². The molecule has 0 unspecified atom stereocenters. The van der Waals surface area contributed by atoms with Crippen LogP contribution < -0.4 is 0 Å². The first-order valence-corrected chi connectivity index (χ1v) is 9.39. The van der Waals surface area contributed by atoms with Crippen molar-refractivity contribution in [2.45, 2.75) is 6.92 Å². The molecule has 1 N–H and O–H groups in total. The number of hydrogen-bond acceptors (Lipinski definition) is 5. The molecule has 0 spiro atoms. The molecule has 0 aliphatic rings. The summed E-state index contributed by atoms with van der Waals surface area (Å²) in [6.07, 6.45) is 5.49. The normalized spacial score (nSPS) is 11.1. The molecule has 5 nitrogen and oxygen atoms in total. The number of aromatic amines is 1. The molecule has 0 radical (unpaired) electrons. The maximum Gasteiger partial charge on any atom is 0.111 e. The van der Waals surface area contributed by atoms with Gasteiger partial charge in [0.25, 0.3) is 0 Å². The molecule has 4 aromatic heterocycles. The molecule has 0 saturated heterocycles. The zero-order valence-corrected chi connectivity index (χ0v) is 15.4. The van der Waals surface area contributed by atoms with Crippen LogP contribution >= 0.6 is 11.3 Å². The van der Waals surface area contributed by atoms with Gasteiger partial charge in [0.05, 0.1) is 21.6 Å². The highest BCUT2D eigenvalue weighted by atomic mass is 32.1. The molecule has 0 bridgehead atoms. The average Bonchev–Trinajstić information content (AvgIpc) is 3.40. The Hall–Kier alpha value is -3.38. The minimum atomic E-state index is 0.833. The number of aromatic nitrogens is 5. The summed E-state index contributed by atoms with van der Waals surface area (Å²) in [6.45, 7) is 2.04. The van der Waals surface area contributed by atoms with Gasteiger partial charge < -0.3 is 0 Å². The molecule has 0 aliphatic heterocycles. The van der Waals surface area contributed by atoms with Gasteiger partial charge in [0, 0.05) is 28.7 Å². The van der Waals surface area contributed by atoms with E-state index in [-0.39, 0.29) is 0 Å². The van der Waals surface area contributed by atoms with Crippen molar-refractivity contribution in [3.05, 3.63) is 72.7 Å². The molecule has 0 saturated carbocycles. The van der Waals surface area contributed by atoms with Crippen molar-refractivity contribution in [1.29, 1.82) is 0 Å². The molecule has 0 aliphatic carbocycles. The van der Waals surface area contributed by atoms with Crippen LogP contribution in [0, 0.1) is 6.92 Å². The summed E-state index contributed by atoms with van der Waals surface area (Å²) in [4.78, 5) is 6.73. The number of benzene rings is 1. The molecule has 5 aromatic rings. The number of fused-ring (bicyclic) bond motifs is 1. The van der Waals surface area contributed by atoms with Crippen molar-refractivity contribution in [2.24, 2.45) is 0 Å². The smallest absolute Gasteiger partial charge is 0.111 e. The fourth-order valence-corrected chi connectivity index (χ4v) is 4.08. The van der Waals surface area contributed by atoms with Gasteiger partial charge in [0.2, 0.25) is 0 Å². The number of thiophene rings is 1. The summed E-state index contributed by atoms with van der Waals surface area (Å²) < 4.78 is 0. The van der Waals surface area contributed by atoms with E-state index in [1.807, 2.05) is 31.5 Å². The van der Waals surface area contributed by atoms with Crippen LogP contribution in [0.1, 0.15) is 5.56 Å². The van der Waals surface area contributed by atoms with E-state index in [2.05, 4.69) is 61.8 Å². The molecule has 0 fully saturated rings. The first-order chi connectivity index (χ1) is 13.3. The van der Waals surface area contributed by atoms with E-state index >= 15 is 0 Å². The van der Waals surface area contributed by atoms with E-state index in [0.29, 0.717) is 0 Å². The number of rotatable bonds is 3. The predicted octanol–water partition coefficient (Wildman–Crippen LogP) is 5.12. The number of aryl methyl sites for hydroxylation is 1. The summed E-state index contributed by atoms with van der Waals surface area (Å²) in [5.74, 6) is 0. The van der Waals surface area contributed by atoms with Crippen molar-refractivity contribution in [1.82, 2.24) is 25.4 Å². The number of nitrogens with zero attached hydrogens (tertiary/aromatic N) is 4. The van der Waals surface area contributed by atoms with Crippen LogP contribution in [0.15, 0.2) is 67.1 Å². The third kappa shape index (κ3) is 2.80. The fraction of sp³-hybridized carbons (Fsp3) is 0.0476. The quantitative estimate of drug-likeness (QED) is 0.479. The molecule has 130 valence electrons. The monoisotopic (exact) mass is 369 g/mol. The maximum atomic E-state index is 4.55. The van der Waals surface area contributed by atoms with Crippen molar-refractivity contribution in [3.8, 4) is 32.4 Å². The SMILES string of the molecule is Cc1ccc(-c2ccc(-c3nnc(-c4cn[nH]c4)c4ccccc34)s2)nc1. The highest BCUT2D eigenvalue weighted by Gasteiger charge is 2.15. The van der Waals surface area contributed by atoms with Gasteiger partial charge in [-0.15, -0.1) is 21.5 Å². The van der Waals surface area contributed by atoms with Crippen molar-refractivity contribution in [2.75, 3.05) is 0 Å². The summed E-state index contributed by atoms with van der Waals surface area (Å²) in [6, 6.07) is 16.5. The van der Waals surface area contributed by atoms with Crippen molar-refractivity contribution >= 4 is 22.1 Å². The minimum absolute atomic E-state index is 0.833. The van der Waals surface area contributed by atoms with Gasteiger partial charge in [-0.1, -0.05) is 30.3 Å². The Morgan fingerprint density at radius 2 is 1.59 bits per heavy atom. The molecular weight excluding hydrogens is 354 g/mol. The summed E-state index contributed by atoms with van der Waals surface area (Å²) >= 11 is 1.68. The fourth-order valence-electron chi connectivity index (χ4n) is 3.10. The Morgan fingerprint density at radius 1 is 0.815 bits per heavy atom. The minimum Gasteiger partial charge on any atom is -0.285 e. The molecule has 1 aromatic carbocycles. The van der Waals surface area contributed by atoms with Crippen LogP contribution in [0.2, 0.25) is 0 Å². The van der Waals surface area contributed by atoms with E-state index in [4.69, 9.17) is 0 Å². The molecule has 0 amide bonds. The predicted molar refractivity (Wildman–Crippen MR) is 108 cm³/mol. The first kappa shape index (κ1) is 15.8. The van der Waals surface area contributed by atoms with Gasteiger partial charge in [0.15, 0.2) is 0 Å².